The lowest BCUT2D eigenvalue weighted by atomic mass is 10.0. The quantitative estimate of drug-likeness (QED) is 0.341. The molecule has 0 heterocycles. The summed E-state index contributed by atoms with van der Waals surface area (Å²) < 4.78 is 10.5. The molecule has 8 nitrogen and oxygen atoms in total. The number of thiocarbonyl (C=S) groups is 1. The number of rotatable bonds is 4. The zero-order valence-corrected chi connectivity index (χ0v) is 17.8. The molecule has 0 fully saturated rings. The predicted molar refractivity (Wildman–Crippen MR) is 111 cm³/mol. The fraction of sp³-hybridized carbons (Fsp3) is 0.474. The lowest BCUT2D eigenvalue weighted by molar-refractivity contribution is 0.00680. The van der Waals surface area contributed by atoms with Crippen LogP contribution in [0.4, 0.5) is 10.5 Å². The fourth-order valence-corrected chi connectivity index (χ4v) is 2.13. The van der Waals surface area contributed by atoms with Crippen LogP contribution in [0.1, 0.15) is 57.5 Å². The van der Waals surface area contributed by atoms with Crippen molar-refractivity contribution in [3.05, 3.63) is 29.3 Å². The Labute approximate surface area is 170 Å². The van der Waals surface area contributed by atoms with Crippen molar-refractivity contribution < 1.29 is 19.1 Å². The van der Waals surface area contributed by atoms with Crippen LogP contribution in [0.3, 0.4) is 0 Å². The summed E-state index contributed by atoms with van der Waals surface area (Å²) in [6.45, 7) is 10.5. The summed E-state index contributed by atoms with van der Waals surface area (Å²) in [7, 11) is 0. The van der Waals surface area contributed by atoms with E-state index in [0.29, 0.717) is 11.3 Å². The molecule has 9 heteroatoms. The molecule has 0 saturated heterocycles. The number of isothiocyanates is 1. The van der Waals surface area contributed by atoms with Gasteiger partial charge in [-0.1, -0.05) is 6.07 Å². The van der Waals surface area contributed by atoms with E-state index < -0.39 is 23.3 Å². The lowest BCUT2D eigenvalue weighted by Crippen LogP contribution is -2.40. The van der Waals surface area contributed by atoms with E-state index in [4.69, 9.17) is 15.2 Å². The molecule has 0 saturated carbocycles. The molecule has 0 atom stereocenters. The average Bonchev–Trinajstić information content (AvgIpc) is 2.50. The molecule has 0 unspecified atom stereocenters. The Morgan fingerprint density at radius 2 is 1.75 bits per heavy atom. The maximum absolute atomic E-state index is 12.5. The van der Waals surface area contributed by atoms with E-state index in [1.165, 1.54) is 0 Å². The summed E-state index contributed by atoms with van der Waals surface area (Å²) in [6, 6.07) is 4.91. The van der Waals surface area contributed by atoms with Crippen LogP contribution in [-0.2, 0) is 16.0 Å². The number of esters is 1. The van der Waals surface area contributed by atoms with E-state index in [-0.39, 0.29) is 18.1 Å². The Kier molecular flexibility index (Phi) is 7.84. The van der Waals surface area contributed by atoms with Crippen molar-refractivity contribution in [1.82, 2.24) is 5.32 Å². The second-order valence-corrected chi connectivity index (χ2v) is 8.02. The van der Waals surface area contributed by atoms with Gasteiger partial charge in [0.25, 0.3) is 0 Å². The summed E-state index contributed by atoms with van der Waals surface area (Å²) in [5.41, 5.74) is 5.54. The summed E-state index contributed by atoms with van der Waals surface area (Å²) in [6.07, 6.45) is -0.730. The van der Waals surface area contributed by atoms with Gasteiger partial charge in [-0.25, -0.2) is 14.6 Å². The van der Waals surface area contributed by atoms with Gasteiger partial charge in [-0.15, -0.1) is 0 Å². The van der Waals surface area contributed by atoms with Crippen molar-refractivity contribution in [3.63, 3.8) is 0 Å². The van der Waals surface area contributed by atoms with Crippen molar-refractivity contribution in [2.45, 2.75) is 59.3 Å². The van der Waals surface area contributed by atoms with Crippen LogP contribution < -0.4 is 11.1 Å². The maximum Gasteiger partial charge on any atom is 0.414 e. The number of amides is 1. The first kappa shape index (κ1) is 23.3. The van der Waals surface area contributed by atoms with Gasteiger partial charge in [0.1, 0.15) is 11.2 Å². The van der Waals surface area contributed by atoms with Crippen LogP contribution in [0.25, 0.3) is 0 Å². The lowest BCUT2D eigenvalue weighted by Gasteiger charge is -2.21. The van der Waals surface area contributed by atoms with Crippen molar-refractivity contribution in [2.75, 3.05) is 0 Å². The Bertz CT molecular complexity index is 816. The Hall–Kier alpha value is -2.77. The number of hydrogen-bond acceptors (Lipinski definition) is 7. The van der Waals surface area contributed by atoms with Crippen LogP contribution in [0.5, 0.6) is 0 Å². The van der Waals surface area contributed by atoms with E-state index in [2.05, 4.69) is 32.7 Å². The molecular formula is C19H26N4O4S. The third-order valence-corrected chi connectivity index (χ3v) is 3.06. The third-order valence-electron chi connectivity index (χ3n) is 2.97. The fourth-order valence-electron chi connectivity index (χ4n) is 2.03. The molecule has 0 spiro atoms. The van der Waals surface area contributed by atoms with Crippen LogP contribution in [0, 0.1) is 0 Å². The molecule has 0 bridgehead atoms. The number of nitrogens with two attached hydrogens (primary N) is 1. The number of nitrogens with zero attached hydrogens (tertiary/aromatic N) is 2. The predicted octanol–water partition coefficient (Wildman–Crippen LogP) is 3.72. The van der Waals surface area contributed by atoms with E-state index in [9.17, 15) is 9.59 Å². The van der Waals surface area contributed by atoms with Gasteiger partial charge in [-0.3, -0.25) is 5.32 Å². The van der Waals surface area contributed by atoms with Gasteiger partial charge >= 0.3 is 12.1 Å². The van der Waals surface area contributed by atoms with Gasteiger partial charge in [0.2, 0.25) is 0 Å². The molecule has 0 radical (unpaired) electrons. The van der Waals surface area contributed by atoms with Crippen LogP contribution in [0.2, 0.25) is 0 Å². The number of hydrogen-bond donors (Lipinski definition) is 2. The third kappa shape index (κ3) is 8.28. The summed E-state index contributed by atoms with van der Waals surface area (Å²) >= 11 is 4.67. The largest absolute Gasteiger partial charge is 0.456 e. The smallest absolute Gasteiger partial charge is 0.414 e. The zero-order valence-electron chi connectivity index (χ0n) is 17.0. The molecule has 0 aliphatic carbocycles. The number of carbonyl (C=O) groups is 2. The number of nitrogens with one attached hydrogen (secondary N) is 1. The number of ether oxygens (including phenoxy) is 2. The molecule has 3 N–H and O–H groups in total. The number of alkyl carbamates (subject to hydrolysis) is 1. The van der Waals surface area contributed by atoms with Gasteiger partial charge in [0.05, 0.1) is 23.0 Å². The molecule has 1 rings (SSSR count). The molecule has 152 valence electrons. The highest BCUT2D eigenvalue weighted by atomic mass is 32.1. The first-order valence-electron chi connectivity index (χ1n) is 8.55. The van der Waals surface area contributed by atoms with E-state index >= 15 is 0 Å². The van der Waals surface area contributed by atoms with E-state index in [0.717, 1.165) is 0 Å². The Balaban J connectivity index is 3.12. The average molecular weight is 407 g/mol. The zero-order chi connectivity index (χ0) is 21.5. The first-order chi connectivity index (χ1) is 12.8. The van der Waals surface area contributed by atoms with Crippen molar-refractivity contribution in [1.29, 1.82) is 0 Å². The van der Waals surface area contributed by atoms with Crippen molar-refractivity contribution in [3.8, 4) is 0 Å². The Morgan fingerprint density at radius 1 is 1.14 bits per heavy atom. The molecule has 1 aromatic carbocycles. The summed E-state index contributed by atoms with van der Waals surface area (Å²) in [4.78, 5) is 32.4. The topological polar surface area (TPSA) is 115 Å². The van der Waals surface area contributed by atoms with Gasteiger partial charge in [-0.2, -0.15) is 4.99 Å². The normalized spacial score (nSPS) is 12.0. The van der Waals surface area contributed by atoms with Crippen LogP contribution >= 0.6 is 12.2 Å². The number of benzene rings is 1. The number of guanidine groups is 1. The second-order valence-electron chi connectivity index (χ2n) is 7.84. The standard InChI is InChI=1S/C19H26N4O4S/c1-18(2,3)26-15(24)12-8-7-9-14(22-11-28)13(12)10-21-16(20)23-17(25)27-19(4,5)6/h7-9H,10H2,1-6H3,(H3,20,21,23,25). The van der Waals surface area contributed by atoms with Gasteiger partial charge in [-0.05, 0) is 65.9 Å². The number of carbonyl (C=O) groups excluding carboxylic acids is 2. The van der Waals surface area contributed by atoms with Crippen molar-refractivity contribution in [2.24, 2.45) is 15.7 Å². The minimum absolute atomic E-state index is 0.0348. The second kappa shape index (κ2) is 9.43. The van der Waals surface area contributed by atoms with Crippen molar-refractivity contribution >= 4 is 41.1 Å². The highest BCUT2D eigenvalue weighted by Crippen LogP contribution is 2.25. The van der Waals surface area contributed by atoms with Gasteiger partial charge in [0.15, 0.2) is 5.96 Å². The molecule has 0 aliphatic heterocycles. The molecule has 0 aliphatic rings. The number of aliphatic imine (C=N–C) groups is 2. The minimum Gasteiger partial charge on any atom is -0.456 e. The Morgan fingerprint density at radius 3 is 2.29 bits per heavy atom. The SMILES string of the molecule is CC(C)(C)OC(=O)NC(N)=NCc1c(N=C=S)cccc1C(=O)OC(C)(C)C. The molecule has 0 aromatic heterocycles. The molecule has 1 amide bonds. The monoisotopic (exact) mass is 406 g/mol. The van der Waals surface area contributed by atoms with E-state index in [1.54, 1.807) is 59.7 Å². The first-order valence-corrected chi connectivity index (χ1v) is 8.96. The highest BCUT2D eigenvalue weighted by molar-refractivity contribution is 7.78. The van der Waals surface area contributed by atoms with Gasteiger partial charge < -0.3 is 15.2 Å². The van der Waals surface area contributed by atoms with Crippen LogP contribution in [0.15, 0.2) is 28.2 Å². The molecular weight excluding hydrogens is 380 g/mol. The summed E-state index contributed by atoms with van der Waals surface area (Å²) in [5, 5.41) is 4.60. The summed E-state index contributed by atoms with van der Waals surface area (Å²) in [5.74, 6) is -0.691. The highest BCUT2D eigenvalue weighted by Gasteiger charge is 2.22. The van der Waals surface area contributed by atoms with Crippen LogP contribution in [-0.4, -0.2) is 34.4 Å². The molecule has 1 aromatic rings. The van der Waals surface area contributed by atoms with Gasteiger partial charge in [0, 0.05) is 5.56 Å². The molecule has 28 heavy (non-hydrogen) atoms. The maximum atomic E-state index is 12.5. The minimum atomic E-state index is -0.730. The van der Waals surface area contributed by atoms with E-state index in [1.807, 2.05) is 0 Å².